The molecule has 0 amide bonds. The van der Waals surface area contributed by atoms with Gasteiger partial charge >= 0.3 is 0 Å². The number of aliphatic hydroxyl groups is 1. The average Bonchev–Trinajstić information content (AvgIpc) is 2.40. The van der Waals surface area contributed by atoms with Gasteiger partial charge in [0.15, 0.2) is 0 Å². The molecule has 19 heavy (non-hydrogen) atoms. The van der Waals surface area contributed by atoms with Gasteiger partial charge in [0.05, 0.1) is 13.2 Å². The molecular formula is C16H21FO2. The predicted octanol–water partition coefficient (Wildman–Crippen LogP) is 3.37. The summed E-state index contributed by atoms with van der Waals surface area (Å²) < 4.78 is 19.0. The summed E-state index contributed by atoms with van der Waals surface area (Å²) in [6, 6.07) is 4.48. The minimum Gasteiger partial charge on any atom is -0.493 e. The quantitative estimate of drug-likeness (QED) is 0.798. The normalized spacial score (nSPS) is 10.2. The molecule has 0 fully saturated rings. The Labute approximate surface area is 114 Å². The van der Waals surface area contributed by atoms with Crippen molar-refractivity contribution in [3.8, 4) is 17.6 Å². The Morgan fingerprint density at radius 2 is 2.00 bits per heavy atom. The van der Waals surface area contributed by atoms with Gasteiger partial charge in [0, 0.05) is 18.1 Å². The summed E-state index contributed by atoms with van der Waals surface area (Å²) in [6.07, 6.45) is 2.49. The van der Waals surface area contributed by atoms with Gasteiger partial charge in [-0.2, -0.15) is 0 Å². The van der Waals surface area contributed by atoms with E-state index in [1.165, 1.54) is 12.1 Å². The van der Waals surface area contributed by atoms with Crippen LogP contribution in [0.5, 0.6) is 5.75 Å². The number of rotatable bonds is 6. The molecule has 0 aliphatic carbocycles. The second-order valence-electron chi connectivity index (χ2n) is 4.44. The molecule has 0 spiro atoms. The fourth-order valence-corrected chi connectivity index (χ4v) is 1.68. The molecule has 1 rings (SSSR count). The number of hydrogen-bond acceptors (Lipinski definition) is 2. The van der Waals surface area contributed by atoms with Crippen molar-refractivity contribution >= 4 is 0 Å². The molecule has 1 N–H and O–H groups in total. The molecule has 0 heterocycles. The lowest BCUT2D eigenvalue weighted by Crippen LogP contribution is -2.10. The molecule has 0 saturated heterocycles. The van der Waals surface area contributed by atoms with Crippen LogP contribution in [-0.4, -0.2) is 18.3 Å². The zero-order valence-corrected chi connectivity index (χ0v) is 11.6. The molecule has 1 aromatic rings. The maximum Gasteiger partial charge on any atom is 0.128 e. The Bertz CT molecular complexity index is 442. The van der Waals surface area contributed by atoms with E-state index >= 15 is 0 Å². The number of hydrogen-bond donors (Lipinski definition) is 1. The third-order valence-electron chi connectivity index (χ3n) is 2.98. The highest BCUT2D eigenvalue weighted by molar-refractivity contribution is 5.40. The van der Waals surface area contributed by atoms with Gasteiger partial charge in [-0.3, -0.25) is 0 Å². The van der Waals surface area contributed by atoms with Crippen molar-refractivity contribution in [2.24, 2.45) is 5.92 Å². The number of ether oxygens (including phenoxy) is 1. The molecule has 0 aromatic heterocycles. The van der Waals surface area contributed by atoms with E-state index in [1.54, 1.807) is 6.07 Å². The van der Waals surface area contributed by atoms with Crippen molar-refractivity contribution in [1.29, 1.82) is 0 Å². The summed E-state index contributed by atoms with van der Waals surface area (Å²) >= 11 is 0. The van der Waals surface area contributed by atoms with Gasteiger partial charge in [-0.05, 0) is 18.1 Å². The van der Waals surface area contributed by atoms with Crippen molar-refractivity contribution in [2.45, 2.75) is 33.1 Å². The van der Waals surface area contributed by atoms with E-state index in [0.717, 1.165) is 12.8 Å². The van der Waals surface area contributed by atoms with Gasteiger partial charge < -0.3 is 9.84 Å². The van der Waals surface area contributed by atoms with Crippen molar-refractivity contribution in [3.63, 3.8) is 0 Å². The second kappa shape index (κ2) is 8.55. The molecule has 0 bridgehead atoms. The van der Waals surface area contributed by atoms with Crippen LogP contribution in [-0.2, 0) is 0 Å². The Morgan fingerprint density at radius 3 is 2.63 bits per heavy atom. The standard InChI is InChI=1S/C16H21FO2/c1-3-13(4-2)12-19-16-10-14(7-5-6-8-18)9-15(17)11-16/h9-11,13,18H,3-4,6,8,12H2,1-2H3. The van der Waals surface area contributed by atoms with E-state index in [2.05, 4.69) is 25.7 Å². The Kier molecular flexibility index (Phi) is 6.99. The SMILES string of the molecule is CCC(CC)COc1cc(F)cc(C#CCCO)c1. The van der Waals surface area contributed by atoms with E-state index in [1.807, 2.05) is 0 Å². The van der Waals surface area contributed by atoms with Gasteiger partial charge in [0.25, 0.3) is 0 Å². The van der Waals surface area contributed by atoms with Crippen molar-refractivity contribution < 1.29 is 14.2 Å². The fourth-order valence-electron chi connectivity index (χ4n) is 1.68. The molecule has 104 valence electrons. The zero-order chi connectivity index (χ0) is 14.1. The smallest absolute Gasteiger partial charge is 0.128 e. The predicted molar refractivity (Wildman–Crippen MR) is 74.5 cm³/mol. The first kappa shape index (κ1) is 15.5. The Hall–Kier alpha value is -1.53. The van der Waals surface area contributed by atoms with Crippen LogP contribution in [0.1, 0.15) is 38.7 Å². The summed E-state index contributed by atoms with van der Waals surface area (Å²) in [6.45, 7) is 4.85. The third-order valence-corrected chi connectivity index (χ3v) is 2.98. The molecule has 0 aliphatic rings. The lowest BCUT2D eigenvalue weighted by atomic mass is 10.1. The van der Waals surface area contributed by atoms with E-state index in [9.17, 15) is 4.39 Å². The summed E-state index contributed by atoms with van der Waals surface area (Å²) in [7, 11) is 0. The minimum atomic E-state index is -0.352. The fraction of sp³-hybridized carbons (Fsp3) is 0.500. The minimum absolute atomic E-state index is 0.0142. The summed E-state index contributed by atoms with van der Waals surface area (Å²) in [4.78, 5) is 0. The van der Waals surface area contributed by atoms with Gasteiger partial charge in [0.2, 0.25) is 0 Å². The van der Waals surface area contributed by atoms with Crippen LogP contribution >= 0.6 is 0 Å². The highest BCUT2D eigenvalue weighted by Crippen LogP contribution is 2.18. The van der Waals surface area contributed by atoms with Crippen molar-refractivity contribution in [3.05, 3.63) is 29.6 Å². The van der Waals surface area contributed by atoms with Crippen LogP contribution in [0.4, 0.5) is 4.39 Å². The maximum atomic E-state index is 13.4. The molecule has 1 aromatic carbocycles. The molecule has 0 unspecified atom stereocenters. The summed E-state index contributed by atoms with van der Waals surface area (Å²) in [5.41, 5.74) is 0.577. The maximum absolute atomic E-state index is 13.4. The molecule has 3 heteroatoms. The van der Waals surface area contributed by atoms with Crippen molar-refractivity contribution in [2.75, 3.05) is 13.2 Å². The first-order chi connectivity index (χ1) is 9.19. The van der Waals surface area contributed by atoms with Crippen LogP contribution in [0.25, 0.3) is 0 Å². The van der Waals surface area contributed by atoms with Gasteiger partial charge in [-0.25, -0.2) is 4.39 Å². The lowest BCUT2D eigenvalue weighted by Gasteiger charge is -2.13. The largest absolute Gasteiger partial charge is 0.493 e. The number of aliphatic hydroxyl groups excluding tert-OH is 1. The lowest BCUT2D eigenvalue weighted by molar-refractivity contribution is 0.239. The number of halogens is 1. The van der Waals surface area contributed by atoms with E-state index in [4.69, 9.17) is 9.84 Å². The van der Waals surface area contributed by atoms with Crippen LogP contribution in [0.15, 0.2) is 18.2 Å². The first-order valence-corrected chi connectivity index (χ1v) is 6.72. The van der Waals surface area contributed by atoms with Crippen LogP contribution in [0.3, 0.4) is 0 Å². The van der Waals surface area contributed by atoms with E-state index < -0.39 is 0 Å². The average molecular weight is 264 g/mol. The van der Waals surface area contributed by atoms with E-state index in [-0.39, 0.29) is 12.4 Å². The molecule has 0 atom stereocenters. The Morgan fingerprint density at radius 1 is 1.26 bits per heavy atom. The highest BCUT2D eigenvalue weighted by atomic mass is 19.1. The van der Waals surface area contributed by atoms with Crippen LogP contribution < -0.4 is 4.74 Å². The van der Waals surface area contributed by atoms with Crippen molar-refractivity contribution in [1.82, 2.24) is 0 Å². The number of benzene rings is 1. The summed E-state index contributed by atoms with van der Waals surface area (Å²) in [5.74, 6) is 6.24. The monoisotopic (exact) mass is 264 g/mol. The van der Waals surface area contributed by atoms with Gasteiger partial charge in [0.1, 0.15) is 11.6 Å². The van der Waals surface area contributed by atoms with E-state index in [0.29, 0.717) is 30.3 Å². The molecule has 0 saturated carbocycles. The molecule has 0 aliphatic heterocycles. The topological polar surface area (TPSA) is 29.5 Å². The molecular weight excluding hydrogens is 243 g/mol. The first-order valence-electron chi connectivity index (χ1n) is 6.72. The molecule has 2 nitrogen and oxygen atoms in total. The Balaban J connectivity index is 2.71. The van der Waals surface area contributed by atoms with Gasteiger partial charge in [-0.15, -0.1) is 0 Å². The van der Waals surface area contributed by atoms with Crippen LogP contribution in [0.2, 0.25) is 0 Å². The third kappa shape index (κ3) is 5.76. The molecule has 0 radical (unpaired) electrons. The van der Waals surface area contributed by atoms with Gasteiger partial charge in [-0.1, -0.05) is 38.5 Å². The highest BCUT2D eigenvalue weighted by Gasteiger charge is 2.06. The zero-order valence-electron chi connectivity index (χ0n) is 11.6. The second-order valence-corrected chi connectivity index (χ2v) is 4.44. The van der Waals surface area contributed by atoms with Crippen LogP contribution in [0, 0.1) is 23.6 Å². The summed E-state index contributed by atoms with van der Waals surface area (Å²) in [5, 5.41) is 8.65.